The molecule has 0 aliphatic carbocycles. The first-order valence-corrected chi connectivity index (χ1v) is 13.2. The molecule has 2 aromatic rings. The maximum Gasteiger partial charge on any atom is 0.228 e. The number of benzene rings is 1. The van der Waals surface area contributed by atoms with Crippen LogP contribution in [0.15, 0.2) is 23.6 Å². The second-order valence-corrected chi connectivity index (χ2v) is 10.9. The van der Waals surface area contributed by atoms with Gasteiger partial charge in [0.1, 0.15) is 18.0 Å². The Labute approximate surface area is 215 Å². The molecule has 2 saturated heterocycles. The van der Waals surface area contributed by atoms with Gasteiger partial charge in [0.2, 0.25) is 11.8 Å². The summed E-state index contributed by atoms with van der Waals surface area (Å²) in [6, 6.07) is 5.47. The average Bonchev–Trinajstić information content (AvgIpc) is 3.24. The van der Waals surface area contributed by atoms with E-state index in [2.05, 4.69) is 16.9 Å². The SMILES string of the molecule is Cc1nc(CC(=O)N2CCO[C@](COc3ccc(Cl)c(C)c3)(CC(=O)N3CCN(C)CC3)C2)cs1. The summed E-state index contributed by atoms with van der Waals surface area (Å²) in [5, 5.41) is 3.53. The van der Waals surface area contributed by atoms with Crippen molar-refractivity contribution in [3.8, 4) is 5.75 Å². The molecule has 8 nitrogen and oxygen atoms in total. The lowest BCUT2D eigenvalue weighted by molar-refractivity contribution is -0.166. The molecule has 35 heavy (non-hydrogen) atoms. The normalized spacial score (nSPS) is 21.3. The fourth-order valence-electron chi connectivity index (χ4n) is 4.42. The second-order valence-electron chi connectivity index (χ2n) is 9.44. The van der Waals surface area contributed by atoms with Crippen LogP contribution < -0.4 is 4.74 Å². The number of aryl methyl sites for hydroxylation is 2. The molecule has 190 valence electrons. The van der Waals surface area contributed by atoms with Crippen LogP contribution in [-0.4, -0.2) is 96.6 Å². The first-order valence-electron chi connectivity index (χ1n) is 11.9. The van der Waals surface area contributed by atoms with Crippen molar-refractivity contribution in [1.82, 2.24) is 19.7 Å². The minimum atomic E-state index is -0.931. The van der Waals surface area contributed by atoms with Crippen LogP contribution in [0.3, 0.4) is 0 Å². The molecule has 0 unspecified atom stereocenters. The minimum absolute atomic E-state index is 0.0163. The molecule has 1 atom stereocenters. The maximum atomic E-state index is 13.3. The predicted octanol–water partition coefficient (Wildman–Crippen LogP) is 2.80. The smallest absolute Gasteiger partial charge is 0.228 e. The molecule has 2 aliphatic heterocycles. The van der Waals surface area contributed by atoms with Gasteiger partial charge in [-0.25, -0.2) is 4.98 Å². The topological polar surface area (TPSA) is 75.2 Å². The van der Waals surface area contributed by atoms with Crippen LogP contribution in [-0.2, 0) is 20.7 Å². The molecule has 0 saturated carbocycles. The van der Waals surface area contributed by atoms with E-state index in [1.807, 2.05) is 36.3 Å². The molecule has 1 aromatic carbocycles. The average molecular weight is 521 g/mol. The lowest BCUT2D eigenvalue weighted by Gasteiger charge is -2.43. The molecular formula is C25H33ClN4O4S. The number of rotatable bonds is 7. The van der Waals surface area contributed by atoms with Crippen molar-refractivity contribution in [1.29, 1.82) is 0 Å². The van der Waals surface area contributed by atoms with Gasteiger partial charge in [-0.2, -0.15) is 0 Å². The zero-order valence-electron chi connectivity index (χ0n) is 20.6. The van der Waals surface area contributed by atoms with E-state index in [9.17, 15) is 9.59 Å². The number of nitrogens with zero attached hydrogens (tertiary/aromatic N) is 4. The monoisotopic (exact) mass is 520 g/mol. The Morgan fingerprint density at radius 1 is 1.14 bits per heavy atom. The minimum Gasteiger partial charge on any atom is -0.490 e. The van der Waals surface area contributed by atoms with Gasteiger partial charge in [-0.1, -0.05) is 11.6 Å². The number of aromatic nitrogens is 1. The number of carbonyl (C=O) groups excluding carboxylic acids is 2. The van der Waals surface area contributed by atoms with E-state index in [1.54, 1.807) is 11.0 Å². The Balaban J connectivity index is 1.49. The molecule has 2 fully saturated rings. The van der Waals surface area contributed by atoms with Crippen molar-refractivity contribution in [3.05, 3.63) is 44.9 Å². The maximum absolute atomic E-state index is 13.3. The molecule has 0 N–H and O–H groups in total. The van der Waals surface area contributed by atoms with Crippen LogP contribution in [0.4, 0.5) is 0 Å². The largest absolute Gasteiger partial charge is 0.490 e. The zero-order chi connectivity index (χ0) is 25.0. The number of carbonyl (C=O) groups is 2. The molecule has 10 heteroatoms. The molecule has 0 radical (unpaired) electrons. The lowest BCUT2D eigenvalue weighted by Crippen LogP contribution is -2.59. The number of hydrogen-bond donors (Lipinski definition) is 0. The van der Waals surface area contributed by atoms with E-state index in [4.69, 9.17) is 21.1 Å². The van der Waals surface area contributed by atoms with Gasteiger partial charge >= 0.3 is 0 Å². The van der Waals surface area contributed by atoms with Crippen LogP contribution >= 0.6 is 22.9 Å². The molecule has 2 aliphatic rings. The highest BCUT2D eigenvalue weighted by molar-refractivity contribution is 7.09. The van der Waals surface area contributed by atoms with Gasteiger partial charge in [0.15, 0.2) is 0 Å². The summed E-state index contributed by atoms with van der Waals surface area (Å²) in [5.41, 5.74) is 0.752. The molecule has 4 rings (SSSR count). The van der Waals surface area contributed by atoms with Crippen molar-refractivity contribution in [2.75, 3.05) is 59.5 Å². The summed E-state index contributed by atoms with van der Waals surface area (Å²) >= 11 is 7.70. The lowest BCUT2D eigenvalue weighted by atomic mass is 9.96. The van der Waals surface area contributed by atoms with Gasteiger partial charge in [-0.15, -0.1) is 11.3 Å². The highest BCUT2D eigenvalue weighted by Gasteiger charge is 2.42. The standard InChI is InChI=1S/C25H33ClN4O4S/c1-18-12-21(4-5-22(18)26)33-17-25(14-24(32)29-8-6-28(3)7-9-29)16-30(10-11-34-25)23(31)13-20-15-35-19(2)27-20/h4-5,12,15H,6-11,13-14,16-17H2,1-3H3/t25-/m1/s1. The third-order valence-electron chi connectivity index (χ3n) is 6.56. The van der Waals surface area contributed by atoms with Gasteiger partial charge in [0.05, 0.1) is 36.7 Å². The first kappa shape index (κ1) is 25.9. The fraction of sp³-hybridized carbons (Fsp3) is 0.560. The number of hydrogen-bond acceptors (Lipinski definition) is 7. The van der Waals surface area contributed by atoms with Crippen LogP contribution in [0.2, 0.25) is 5.02 Å². The summed E-state index contributed by atoms with van der Waals surface area (Å²) < 4.78 is 12.4. The van der Waals surface area contributed by atoms with E-state index in [0.717, 1.165) is 29.4 Å². The predicted molar refractivity (Wildman–Crippen MR) is 136 cm³/mol. The van der Waals surface area contributed by atoms with Gasteiger partial charge in [0.25, 0.3) is 0 Å². The number of halogens is 1. The van der Waals surface area contributed by atoms with Crippen molar-refractivity contribution >= 4 is 34.8 Å². The molecule has 3 heterocycles. The van der Waals surface area contributed by atoms with E-state index in [-0.39, 0.29) is 31.3 Å². The zero-order valence-corrected chi connectivity index (χ0v) is 22.2. The van der Waals surface area contributed by atoms with Crippen LogP contribution in [0, 0.1) is 13.8 Å². The third-order valence-corrected chi connectivity index (χ3v) is 7.81. The summed E-state index contributed by atoms with van der Waals surface area (Å²) in [6.07, 6.45) is 0.396. The number of piperazine rings is 1. The highest BCUT2D eigenvalue weighted by atomic mass is 35.5. The third kappa shape index (κ3) is 6.73. The number of ether oxygens (including phenoxy) is 2. The second kappa shape index (κ2) is 11.2. The first-order chi connectivity index (χ1) is 16.7. The van der Waals surface area contributed by atoms with Crippen molar-refractivity contribution < 1.29 is 19.1 Å². The van der Waals surface area contributed by atoms with E-state index >= 15 is 0 Å². The Morgan fingerprint density at radius 3 is 2.60 bits per heavy atom. The summed E-state index contributed by atoms with van der Waals surface area (Å²) in [5.74, 6) is 0.666. The van der Waals surface area contributed by atoms with Crippen molar-refractivity contribution in [3.63, 3.8) is 0 Å². The fourth-order valence-corrected chi connectivity index (χ4v) is 5.15. The van der Waals surface area contributed by atoms with Gasteiger partial charge < -0.3 is 24.2 Å². The van der Waals surface area contributed by atoms with Gasteiger partial charge in [0, 0.05) is 43.1 Å². The molecule has 2 amide bonds. The summed E-state index contributed by atoms with van der Waals surface area (Å²) in [6.45, 7) is 8.19. The van der Waals surface area contributed by atoms with Crippen LogP contribution in [0.5, 0.6) is 5.75 Å². The van der Waals surface area contributed by atoms with Crippen molar-refractivity contribution in [2.24, 2.45) is 0 Å². The number of amides is 2. The number of thiazole rings is 1. The molecule has 1 aromatic heterocycles. The van der Waals surface area contributed by atoms with Crippen molar-refractivity contribution in [2.45, 2.75) is 32.3 Å². The summed E-state index contributed by atoms with van der Waals surface area (Å²) in [4.78, 5) is 36.7. The van der Waals surface area contributed by atoms with Gasteiger partial charge in [-0.3, -0.25) is 9.59 Å². The molecular weight excluding hydrogens is 488 g/mol. The molecule has 0 bridgehead atoms. The number of morpholine rings is 1. The van der Waals surface area contributed by atoms with Crippen LogP contribution in [0.25, 0.3) is 0 Å². The van der Waals surface area contributed by atoms with Crippen LogP contribution in [0.1, 0.15) is 22.7 Å². The van der Waals surface area contributed by atoms with E-state index in [0.29, 0.717) is 43.6 Å². The summed E-state index contributed by atoms with van der Waals surface area (Å²) in [7, 11) is 2.06. The Hall–Kier alpha value is -2.20. The quantitative estimate of drug-likeness (QED) is 0.559. The van der Waals surface area contributed by atoms with E-state index < -0.39 is 5.60 Å². The Bertz CT molecular complexity index is 1060. The Kier molecular flexibility index (Phi) is 8.31. The molecule has 0 spiro atoms. The van der Waals surface area contributed by atoms with E-state index in [1.165, 1.54) is 11.3 Å². The van der Waals surface area contributed by atoms with Gasteiger partial charge in [-0.05, 0) is 44.7 Å². The highest BCUT2D eigenvalue weighted by Crippen LogP contribution is 2.28. The number of likely N-dealkylation sites (N-methyl/N-ethyl adjacent to an activating group) is 1. The Morgan fingerprint density at radius 2 is 1.91 bits per heavy atom.